The molecule has 6 nitrogen and oxygen atoms in total. The van der Waals surface area contributed by atoms with E-state index in [1.54, 1.807) is 20.2 Å². The van der Waals surface area contributed by atoms with E-state index in [2.05, 4.69) is 53.1 Å². The van der Waals surface area contributed by atoms with Crippen LogP contribution in [0.3, 0.4) is 0 Å². The van der Waals surface area contributed by atoms with E-state index in [-0.39, 0.29) is 17.3 Å². The van der Waals surface area contributed by atoms with Crippen molar-refractivity contribution in [2.45, 2.75) is 40.3 Å². The Hall–Kier alpha value is -1.86. The van der Waals surface area contributed by atoms with Crippen LogP contribution in [0.2, 0.25) is 0 Å². The van der Waals surface area contributed by atoms with Crippen LogP contribution in [0.15, 0.2) is 23.2 Å². The lowest BCUT2D eigenvalue weighted by Crippen LogP contribution is -2.46. The van der Waals surface area contributed by atoms with E-state index in [0.717, 1.165) is 38.3 Å². The number of halogens is 1. The molecule has 0 bridgehead atoms. The molecule has 0 saturated carbocycles. The largest absolute Gasteiger partial charge is 0.379 e. The van der Waals surface area contributed by atoms with Gasteiger partial charge in [-0.2, -0.15) is 0 Å². The summed E-state index contributed by atoms with van der Waals surface area (Å²) in [7, 11) is 3.45. The van der Waals surface area contributed by atoms with Gasteiger partial charge in [0.25, 0.3) is 0 Å². The number of hydrogen-bond acceptors (Lipinski definition) is 4. The zero-order valence-corrected chi connectivity index (χ0v) is 18.9. The van der Waals surface area contributed by atoms with E-state index in [1.165, 1.54) is 0 Å². The molecule has 1 aliphatic heterocycles. The fourth-order valence-electron chi connectivity index (χ4n) is 3.56. The fraction of sp³-hybridized carbons (Fsp3) is 0.682. The number of anilines is 1. The molecule has 0 radical (unpaired) electrons. The Labute approximate surface area is 175 Å². The molecule has 0 spiro atoms. The number of hydrogen-bond donors (Lipinski definition) is 2. The molecule has 1 aromatic rings. The lowest BCUT2D eigenvalue weighted by molar-refractivity contribution is 0.0205. The van der Waals surface area contributed by atoms with Crippen LogP contribution in [0.25, 0.3) is 0 Å². The number of benzene rings is 1. The van der Waals surface area contributed by atoms with Crippen molar-refractivity contribution < 1.29 is 9.13 Å². The van der Waals surface area contributed by atoms with Gasteiger partial charge < -0.3 is 25.2 Å². The number of methoxy groups -OCH3 is 1. The predicted molar refractivity (Wildman–Crippen MR) is 119 cm³/mol. The van der Waals surface area contributed by atoms with Gasteiger partial charge in [0.15, 0.2) is 5.96 Å². The summed E-state index contributed by atoms with van der Waals surface area (Å²) in [5.41, 5.74) is 1.61. The normalized spacial score (nSPS) is 17.3. The first-order chi connectivity index (χ1) is 13.8. The van der Waals surface area contributed by atoms with E-state index in [4.69, 9.17) is 4.74 Å². The molecular formula is C22H38FN5O. The van der Waals surface area contributed by atoms with Crippen molar-refractivity contribution in [3.8, 4) is 0 Å². The lowest BCUT2D eigenvalue weighted by Gasteiger charge is -2.35. The minimum Gasteiger partial charge on any atom is -0.379 e. The zero-order chi connectivity index (χ0) is 21.4. The summed E-state index contributed by atoms with van der Waals surface area (Å²) < 4.78 is 20.3. The van der Waals surface area contributed by atoms with Gasteiger partial charge in [0.05, 0.1) is 11.8 Å². The molecule has 2 rings (SSSR count). The third kappa shape index (κ3) is 6.85. The van der Waals surface area contributed by atoms with Crippen molar-refractivity contribution in [1.29, 1.82) is 0 Å². The van der Waals surface area contributed by atoms with Gasteiger partial charge in [-0.15, -0.1) is 0 Å². The van der Waals surface area contributed by atoms with Gasteiger partial charge in [0.1, 0.15) is 5.82 Å². The predicted octanol–water partition coefficient (Wildman–Crippen LogP) is 2.69. The minimum atomic E-state index is -0.163. The summed E-state index contributed by atoms with van der Waals surface area (Å²) in [5, 5.41) is 6.54. The Morgan fingerprint density at radius 1 is 1.21 bits per heavy atom. The van der Waals surface area contributed by atoms with E-state index in [1.807, 2.05) is 12.1 Å². The molecule has 1 fully saturated rings. The molecule has 164 valence electrons. The second kappa shape index (κ2) is 10.8. The first-order valence-electron chi connectivity index (χ1n) is 10.5. The van der Waals surface area contributed by atoms with Gasteiger partial charge in [0.2, 0.25) is 0 Å². The Morgan fingerprint density at radius 2 is 1.90 bits per heavy atom. The number of guanidine groups is 1. The standard InChI is InChI=1S/C22H38FN5O/c1-7-27-10-12-28(13-11-27)19-9-8-17(14-18(19)23)15-25-21(24-5)26-16-20(29-6)22(2,3)4/h8-9,14,20H,7,10-13,15-16H2,1-6H3,(H2,24,25,26). The quantitative estimate of drug-likeness (QED) is 0.538. The zero-order valence-electron chi connectivity index (χ0n) is 18.9. The van der Waals surface area contributed by atoms with Crippen molar-refractivity contribution in [2.75, 3.05) is 58.3 Å². The second-order valence-corrected chi connectivity index (χ2v) is 8.60. The molecule has 2 N–H and O–H groups in total. The molecule has 0 amide bonds. The molecule has 0 aliphatic carbocycles. The molecule has 7 heteroatoms. The third-order valence-corrected chi connectivity index (χ3v) is 5.56. The van der Waals surface area contributed by atoms with Gasteiger partial charge in [-0.3, -0.25) is 4.99 Å². The van der Waals surface area contributed by atoms with Crippen LogP contribution in [0.1, 0.15) is 33.3 Å². The molecule has 29 heavy (non-hydrogen) atoms. The minimum absolute atomic E-state index is 0.0299. The van der Waals surface area contributed by atoms with Crippen LogP contribution >= 0.6 is 0 Å². The number of nitrogens with zero attached hydrogens (tertiary/aromatic N) is 3. The molecule has 1 unspecified atom stereocenters. The monoisotopic (exact) mass is 407 g/mol. The summed E-state index contributed by atoms with van der Waals surface area (Å²) in [6, 6.07) is 5.50. The Bertz CT molecular complexity index is 666. The summed E-state index contributed by atoms with van der Waals surface area (Å²) in [6.45, 7) is 14.5. The number of rotatable bonds is 7. The van der Waals surface area contributed by atoms with Gasteiger partial charge in [0, 0.05) is 53.4 Å². The summed E-state index contributed by atoms with van der Waals surface area (Å²) in [5.74, 6) is 0.515. The van der Waals surface area contributed by atoms with Gasteiger partial charge in [-0.05, 0) is 29.7 Å². The van der Waals surface area contributed by atoms with E-state index in [9.17, 15) is 4.39 Å². The second-order valence-electron chi connectivity index (χ2n) is 8.60. The summed E-state index contributed by atoms with van der Waals surface area (Å²) in [6.07, 6.45) is 0.0611. The maximum Gasteiger partial charge on any atom is 0.191 e. The van der Waals surface area contributed by atoms with E-state index < -0.39 is 0 Å². The number of ether oxygens (including phenoxy) is 1. The highest BCUT2D eigenvalue weighted by molar-refractivity contribution is 5.79. The highest BCUT2D eigenvalue weighted by Gasteiger charge is 2.24. The Balaban J connectivity index is 1.89. The van der Waals surface area contributed by atoms with Crippen LogP contribution < -0.4 is 15.5 Å². The average Bonchev–Trinajstić information content (AvgIpc) is 2.70. The Morgan fingerprint density at radius 3 is 2.41 bits per heavy atom. The van der Waals surface area contributed by atoms with Crippen LogP contribution in [-0.4, -0.2) is 70.4 Å². The fourth-order valence-corrected chi connectivity index (χ4v) is 3.56. The molecule has 1 aliphatic rings. The first-order valence-corrected chi connectivity index (χ1v) is 10.5. The lowest BCUT2D eigenvalue weighted by atomic mass is 9.89. The van der Waals surface area contributed by atoms with Crippen LogP contribution in [-0.2, 0) is 11.3 Å². The molecule has 1 atom stereocenters. The molecule has 1 aromatic carbocycles. The Kier molecular flexibility index (Phi) is 8.71. The highest BCUT2D eigenvalue weighted by Crippen LogP contribution is 2.22. The third-order valence-electron chi connectivity index (χ3n) is 5.56. The number of piperazine rings is 1. The van der Waals surface area contributed by atoms with Crippen LogP contribution in [0, 0.1) is 11.2 Å². The van der Waals surface area contributed by atoms with Crippen LogP contribution in [0.4, 0.5) is 10.1 Å². The van der Waals surface area contributed by atoms with Gasteiger partial charge in [-0.1, -0.05) is 33.8 Å². The average molecular weight is 408 g/mol. The van der Waals surface area contributed by atoms with E-state index in [0.29, 0.717) is 24.7 Å². The van der Waals surface area contributed by atoms with Crippen molar-refractivity contribution in [1.82, 2.24) is 15.5 Å². The SMILES string of the molecule is CCN1CCN(c2ccc(CNC(=NC)NCC(OC)C(C)(C)C)cc2F)CC1. The maximum atomic E-state index is 14.7. The van der Waals surface area contributed by atoms with Crippen molar-refractivity contribution in [2.24, 2.45) is 10.4 Å². The van der Waals surface area contributed by atoms with Crippen molar-refractivity contribution in [3.63, 3.8) is 0 Å². The van der Waals surface area contributed by atoms with Gasteiger partial charge >= 0.3 is 0 Å². The summed E-state index contributed by atoms with van der Waals surface area (Å²) >= 11 is 0. The van der Waals surface area contributed by atoms with Gasteiger partial charge in [-0.25, -0.2) is 4.39 Å². The number of nitrogens with one attached hydrogen (secondary N) is 2. The summed E-state index contributed by atoms with van der Waals surface area (Å²) in [4.78, 5) is 8.78. The van der Waals surface area contributed by atoms with E-state index >= 15 is 0 Å². The highest BCUT2D eigenvalue weighted by atomic mass is 19.1. The smallest absolute Gasteiger partial charge is 0.191 e. The van der Waals surface area contributed by atoms with Crippen molar-refractivity contribution in [3.05, 3.63) is 29.6 Å². The maximum absolute atomic E-state index is 14.7. The van der Waals surface area contributed by atoms with Crippen LogP contribution in [0.5, 0.6) is 0 Å². The molecular weight excluding hydrogens is 369 g/mol. The number of likely N-dealkylation sites (N-methyl/N-ethyl adjacent to an activating group) is 1. The number of aliphatic imine (C=N–C) groups is 1. The molecule has 1 saturated heterocycles. The topological polar surface area (TPSA) is 52.1 Å². The molecule has 1 heterocycles. The molecule has 0 aromatic heterocycles. The van der Waals surface area contributed by atoms with Crippen molar-refractivity contribution >= 4 is 11.6 Å². The first kappa shape index (κ1) is 23.4.